The third-order valence-corrected chi connectivity index (χ3v) is 9.99. The Balaban J connectivity index is 1.54. The van der Waals surface area contributed by atoms with Gasteiger partial charge in [-0.05, 0) is 100 Å². The van der Waals surface area contributed by atoms with Crippen LogP contribution < -0.4 is 0 Å². The summed E-state index contributed by atoms with van der Waals surface area (Å²) in [7, 11) is 4.57. The van der Waals surface area contributed by atoms with Gasteiger partial charge in [0, 0.05) is 12.0 Å². The predicted octanol–water partition coefficient (Wildman–Crippen LogP) is 4.15. The first kappa shape index (κ1) is 17.7. The molecule has 4 saturated carbocycles. The second kappa shape index (κ2) is 5.56. The zero-order chi connectivity index (χ0) is 18.4. The van der Waals surface area contributed by atoms with E-state index in [1.54, 1.807) is 0 Å². The molecule has 146 valence electrons. The molecule has 3 nitrogen and oxygen atoms in total. The van der Waals surface area contributed by atoms with E-state index in [-0.39, 0.29) is 5.41 Å². The Kier molecular flexibility index (Phi) is 3.78. The molecule has 1 aliphatic heterocycles. The van der Waals surface area contributed by atoms with Gasteiger partial charge in [0.1, 0.15) is 5.78 Å². The molecular formula is C23H37NO2. The molecule has 0 amide bonds. The van der Waals surface area contributed by atoms with Crippen LogP contribution in [0.5, 0.6) is 0 Å². The molecule has 0 N–H and O–H groups in total. The van der Waals surface area contributed by atoms with E-state index in [1.165, 1.54) is 38.5 Å². The van der Waals surface area contributed by atoms with Gasteiger partial charge in [0.15, 0.2) is 0 Å². The van der Waals surface area contributed by atoms with Gasteiger partial charge >= 0.3 is 0 Å². The largest absolute Gasteiger partial charge is 0.370 e. The first-order valence-corrected chi connectivity index (χ1v) is 11.1. The Labute approximate surface area is 159 Å². The molecule has 0 aromatic rings. The summed E-state index contributed by atoms with van der Waals surface area (Å²) in [6, 6.07) is 0.615. The van der Waals surface area contributed by atoms with Crippen molar-refractivity contribution < 1.29 is 9.53 Å². The Bertz CT molecular complexity index is 617. The van der Waals surface area contributed by atoms with Gasteiger partial charge in [0.05, 0.1) is 12.2 Å². The maximum Gasteiger partial charge on any atom is 0.133 e. The summed E-state index contributed by atoms with van der Waals surface area (Å²) in [5, 5.41) is 0. The Morgan fingerprint density at radius 1 is 1.00 bits per heavy atom. The molecule has 0 aromatic carbocycles. The lowest BCUT2D eigenvalue weighted by Gasteiger charge is -2.63. The van der Waals surface area contributed by atoms with Crippen molar-refractivity contribution in [2.75, 3.05) is 14.1 Å². The number of hydrogen-bond donors (Lipinski definition) is 0. The fraction of sp³-hybridized carbons (Fsp3) is 0.957. The van der Waals surface area contributed by atoms with Gasteiger partial charge in [-0.3, -0.25) is 4.79 Å². The normalized spacial score (nSPS) is 57.8. The SMILES string of the molecule is CC(=O)[C@H]1CC[C@H]2[C@@H]3CC[C@H]4C[C@@H]5O[C@@H]5C[C@]4(C)[C@H]3[C@@H](N(C)C)C[C@]12C. The van der Waals surface area contributed by atoms with Crippen molar-refractivity contribution in [1.82, 2.24) is 4.90 Å². The monoisotopic (exact) mass is 359 g/mol. The van der Waals surface area contributed by atoms with E-state index in [2.05, 4.69) is 32.8 Å². The van der Waals surface area contributed by atoms with E-state index in [0.29, 0.717) is 35.4 Å². The molecule has 1 heterocycles. The molecule has 10 atom stereocenters. The zero-order valence-corrected chi connectivity index (χ0v) is 17.3. The van der Waals surface area contributed by atoms with Crippen LogP contribution in [0.25, 0.3) is 0 Å². The maximum absolute atomic E-state index is 12.5. The highest BCUT2D eigenvalue weighted by Gasteiger charge is 2.66. The average molecular weight is 360 g/mol. The molecule has 1 saturated heterocycles. The zero-order valence-electron chi connectivity index (χ0n) is 17.3. The Morgan fingerprint density at radius 3 is 2.46 bits per heavy atom. The first-order valence-electron chi connectivity index (χ1n) is 11.1. The minimum absolute atomic E-state index is 0.221. The number of carbonyl (C=O) groups is 1. The second-order valence-electron chi connectivity index (χ2n) is 11.2. The van der Waals surface area contributed by atoms with E-state index in [4.69, 9.17) is 4.74 Å². The Morgan fingerprint density at radius 2 is 1.77 bits per heavy atom. The van der Waals surface area contributed by atoms with Crippen molar-refractivity contribution in [1.29, 1.82) is 0 Å². The summed E-state index contributed by atoms with van der Waals surface area (Å²) >= 11 is 0. The number of carbonyl (C=O) groups excluding carboxylic acids is 1. The van der Waals surface area contributed by atoms with E-state index < -0.39 is 0 Å². The van der Waals surface area contributed by atoms with Crippen LogP contribution in [0.3, 0.4) is 0 Å². The minimum Gasteiger partial charge on any atom is -0.370 e. The maximum atomic E-state index is 12.5. The van der Waals surface area contributed by atoms with Gasteiger partial charge in [0.25, 0.3) is 0 Å². The molecule has 0 spiro atoms. The molecule has 0 unspecified atom stereocenters. The minimum atomic E-state index is 0.221. The van der Waals surface area contributed by atoms with Crippen LogP contribution in [0.2, 0.25) is 0 Å². The summed E-state index contributed by atoms with van der Waals surface area (Å²) in [5.74, 6) is 3.94. The molecule has 0 aromatic heterocycles. The second-order valence-corrected chi connectivity index (χ2v) is 11.2. The number of Topliss-reactive ketones (excluding diaryl/α,β-unsaturated/α-hetero) is 1. The van der Waals surface area contributed by atoms with E-state index in [1.807, 2.05) is 6.92 Å². The van der Waals surface area contributed by atoms with Crippen molar-refractivity contribution in [2.45, 2.75) is 84.0 Å². The van der Waals surface area contributed by atoms with Crippen molar-refractivity contribution in [2.24, 2.45) is 40.4 Å². The van der Waals surface area contributed by atoms with Crippen LogP contribution in [0, 0.1) is 40.4 Å². The molecule has 3 heteroatoms. The van der Waals surface area contributed by atoms with Crippen molar-refractivity contribution in [3.05, 3.63) is 0 Å². The third kappa shape index (κ3) is 2.22. The van der Waals surface area contributed by atoms with Gasteiger partial charge in [-0.2, -0.15) is 0 Å². The van der Waals surface area contributed by atoms with Crippen molar-refractivity contribution in [3.8, 4) is 0 Å². The van der Waals surface area contributed by atoms with Gasteiger partial charge in [-0.15, -0.1) is 0 Å². The van der Waals surface area contributed by atoms with Crippen LogP contribution in [-0.2, 0) is 9.53 Å². The van der Waals surface area contributed by atoms with Gasteiger partial charge in [-0.25, -0.2) is 0 Å². The van der Waals surface area contributed by atoms with Gasteiger partial charge in [-0.1, -0.05) is 13.8 Å². The molecule has 5 aliphatic rings. The van der Waals surface area contributed by atoms with Crippen LogP contribution in [0.15, 0.2) is 0 Å². The number of hydrogen-bond acceptors (Lipinski definition) is 3. The molecule has 5 rings (SSSR count). The standard InChI is InChI=1S/C23H37NO2/c1-13(25)16-8-9-17-15-7-6-14-10-19-20(26-19)12-22(14,2)21(15)18(24(4)5)11-23(16,17)3/h14-21H,6-12H2,1-5H3/t14-,15-,16+,17-,18-,19-,20+,21+,22-,23+/m0/s1. The summed E-state index contributed by atoms with van der Waals surface area (Å²) in [5.41, 5.74) is 0.656. The van der Waals surface area contributed by atoms with E-state index in [0.717, 1.165) is 30.1 Å². The topological polar surface area (TPSA) is 32.8 Å². The highest BCUT2D eigenvalue weighted by Crippen LogP contribution is 2.69. The van der Waals surface area contributed by atoms with Crippen molar-refractivity contribution in [3.63, 3.8) is 0 Å². The Hall–Kier alpha value is -0.410. The number of ketones is 1. The van der Waals surface area contributed by atoms with Gasteiger partial charge < -0.3 is 9.64 Å². The molecule has 4 aliphatic carbocycles. The number of rotatable bonds is 2. The smallest absolute Gasteiger partial charge is 0.133 e. The van der Waals surface area contributed by atoms with Crippen LogP contribution in [-0.4, -0.2) is 43.0 Å². The molecule has 5 fully saturated rings. The van der Waals surface area contributed by atoms with Crippen LogP contribution in [0.4, 0.5) is 0 Å². The predicted molar refractivity (Wildman–Crippen MR) is 103 cm³/mol. The van der Waals surface area contributed by atoms with Gasteiger partial charge in [0.2, 0.25) is 0 Å². The summed E-state index contributed by atoms with van der Waals surface area (Å²) in [6.45, 7) is 6.93. The highest BCUT2D eigenvalue weighted by atomic mass is 16.6. The molecule has 26 heavy (non-hydrogen) atoms. The number of epoxide rings is 1. The van der Waals surface area contributed by atoms with Crippen molar-refractivity contribution >= 4 is 5.78 Å². The summed E-state index contributed by atoms with van der Waals surface area (Å²) in [6.07, 6.45) is 10.1. The molecule has 0 bridgehead atoms. The average Bonchev–Trinajstić information content (AvgIpc) is 3.20. The number of nitrogens with zero attached hydrogens (tertiary/aromatic N) is 1. The van der Waals surface area contributed by atoms with E-state index >= 15 is 0 Å². The quantitative estimate of drug-likeness (QED) is 0.694. The summed E-state index contributed by atoms with van der Waals surface area (Å²) < 4.78 is 6.01. The third-order valence-electron chi connectivity index (χ3n) is 9.99. The van der Waals surface area contributed by atoms with Crippen LogP contribution >= 0.6 is 0 Å². The van der Waals surface area contributed by atoms with E-state index in [9.17, 15) is 4.79 Å². The fourth-order valence-electron chi connectivity index (χ4n) is 8.82. The fourth-order valence-corrected chi connectivity index (χ4v) is 8.82. The number of fused-ring (bicyclic) bond motifs is 6. The first-order chi connectivity index (χ1) is 12.3. The highest BCUT2D eigenvalue weighted by molar-refractivity contribution is 5.79. The lowest BCUT2D eigenvalue weighted by Crippen LogP contribution is -2.62. The lowest BCUT2D eigenvalue weighted by atomic mass is 9.43. The number of ether oxygens (including phenoxy) is 1. The molecule has 0 radical (unpaired) electrons. The lowest BCUT2D eigenvalue weighted by molar-refractivity contribution is -0.149. The van der Waals surface area contributed by atoms with Crippen LogP contribution in [0.1, 0.15) is 65.7 Å². The summed E-state index contributed by atoms with van der Waals surface area (Å²) in [4.78, 5) is 15.0. The molecular weight excluding hydrogens is 322 g/mol.